The molecule has 0 aromatic carbocycles. The van der Waals surface area contributed by atoms with Crippen LogP contribution in [0.15, 0.2) is 18.3 Å². The lowest BCUT2D eigenvalue weighted by molar-refractivity contribution is 0.0615. The Kier molecular flexibility index (Phi) is 4.70. The number of nitrogens with one attached hydrogen (secondary N) is 1. The van der Waals surface area contributed by atoms with E-state index in [4.69, 9.17) is 5.11 Å². The fraction of sp³-hybridized carbons (Fsp3) is 0.538. The van der Waals surface area contributed by atoms with Gasteiger partial charge in [-0.1, -0.05) is 0 Å². The minimum atomic E-state index is 0.0440. The van der Waals surface area contributed by atoms with E-state index in [1.165, 1.54) is 0 Å². The Bertz CT molecular complexity index is 430. The van der Waals surface area contributed by atoms with Crippen molar-refractivity contribution in [1.29, 1.82) is 0 Å². The zero-order valence-corrected chi connectivity index (χ0v) is 11.2. The first-order valence-electron chi connectivity index (χ1n) is 6.51. The first kappa shape index (κ1) is 13.8. The highest BCUT2D eigenvalue weighted by Crippen LogP contribution is 2.11. The van der Waals surface area contributed by atoms with Crippen LogP contribution in [0.4, 0.5) is 5.82 Å². The van der Waals surface area contributed by atoms with Crippen molar-refractivity contribution in [3.05, 3.63) is 23.9 Å². The molecule has 19 heavy (non-hydrogen) atoms. The van der Waals surface area contributed by atoms with E-state index in [1.54, 1.807) is 25.4 Å². The Balaban J connectivity index is 1.97. The monoisotopic (exact) mass is 264 g/mol. The molecule has 0 unspecified atom stereocenters. The largest absolute Gasteiger partial charge is 0.395 e. The van der Waals surface area contributed by atoms with Crippen molar-refractivity contribution >= 4 is 11.7 Å². The van der Waals surface area contributed by atoms with Gasteiger partial charge in [0.25, 0.3) is 5.91 Å². The molecular weight excluding hydrogens is 244 g/mol. The number of piperazine rings is 1. The maximum absolute atomic E-state index is 12.3. The molecule has 0 saturated carbocycles. The fourth-order valence-corrected chi connectivity index (χ4v) is 2.20. The van der Waals surface area contributed by atoms with Crippen molar-refractivity contribution in [3.8, 4) is 0 Å². The summed E-state index contributed by atoms with van der Waals surface area (Å²) in [4.78, 5) is 20.5. The number of hydrogen-bond acceptors (Lipinski definition) is 5. The topological polar surface area (TPSA) is 68.7 Å². The molecule has 2 N–H and O–H groups in total. The minimum absolute atomic E-state index is 0.0440. The molecule has 104 valence electrons. The van der Waals surface area contributed by atoms with Crippen LogP contribution in [0, 0.1) is 0 Å². The Morgan fingerprint density at radius 2 is 2.16 bits per heavy atom. The SMILES string of the molecule is CNc1cc(C(=O)N2CCN(CCO)CC2)ccn1. The molecule has 0 radical (unpaired) electrons. The summed E-state index contributed by atoms with van der Waals surface area (Å²) in [5.74, 6) is 0.743. The lowest BCUT2D eigenvalue weighted by Gasteiger charge is -2.34. The molecule has 1 aromatic heterocycles. The third kappa shape index (κ3) is 3.42. The van der Waals surface area contributed by atoms with Gasteiger partial charge in [-0.3, -0.25) is 9.69 Å². The zero-order chi connectivity index (χ0) is 13.7. The number of rotatable bonds is 4. The lowest BCUT2D eigenvalue weighted by Crippen LogP contribution is -2.49. The molecule has 2 heterocycles. The van der Waals surface area contributed by atoms with Gasteiger partial charge >= 0.3 is 0 Å². The Morgan fingerprint density at radius 1 is 1.42 bits per heavy atom. The number of pyridine rings is 1. The van der Waals surface area contributed by atoms with Gasteiger partial charge in [-0.15, -0.1) is 0 Å². The number of carbonyl (C=O) groups is 1. The fourth-order valence-electron chi connectivity index (χ4n) is 2.20. The van der Waals surface area contributed by atoms with Gasteiger partial charge in [0.15, 0.2) is 0 Å². The number of aromatic nitrogens is 1. The highest BCUT2D eigenvalue weighted by Gasteiger charge is 2.21. The van der Waals surface area contributed by atoms with Crippen LogP contribution in [-0.4, -0.2) is 72.2 Å². The minimum Gasteiger partial charge on any atom is -0.395 e. The third-order valence-electron chi connectivity index (χ3n) is 3.34. The first-order chi connectivity index (χ1) is 9.24. The zero-order valence-electron chi connectivity index (χ0n) is 11.2. The molecule has 0 bridgehead atoms. The average molecular weight is 264 g/mol. The molecule has 0 spiro atoms. The number of hydrogen-bond donors (Lipinski definition) is 2. The third-order valence-corrected chi connectivity index (χ3v) is 3.34. The molecule has 1 fully saturated rings. The molecule has 1 aliphatic rings. The number of aliphatic hydroxyl groups is 1. The number of nitrogens with zero attached hydrogens (tertiary/aromatic N) is 3. The van der Waals surface area contributed by atoms with Crippen molar-refractivity contribution in [1.82, 2.24) is 14.8 Å². The summed E-state index contributed by atoms with van der Waals surface area (Å²) < 4.78 is 0. The molecule has 0 aliphatic carbocycles. The summed E-state index contributed by atoms with van der Waals surface area (Å²) in [5, 5.41) is 11.8. The van der Waals surface area contributed by atoms with Crippen LogP contribution in [0.2, 0.25) is 0 Å². The van der Waals surface area contributed by atoms with Crippen LogP contribution in [0.1, 0.15) is 10.4 Å². The Morgan fingerprint density at radius 3 is 2.79 bits per heavy atom. The van der Waals surface area contributed by atoms with Crippen LogP contribution in [-0.2, 0) is 0 Å². The van der Waals surface area contributed by atoms with Gasteiger partial charge < -0.3 is 15.3 Å². The van der Waals surface area contributed by atoms with Crippen LogP contribution in [0.3, 0.4) is 0 Å². The Hall–Kier alpha value is -1.66. The number of amides is 1. The second kappa shape index (κ2) is 6.49. The van der Waals surface area contributed by atoms with Gasteiger partial charge in [-0.05, 0) is 12.1 Å². The lowest BCUT2D eigenvalue weighted by atomic mass is 10.2. The molecule has 1 amide bonds. The van der Waals surface area contributed by atoms with E-state index in [2.05, 4.69) is 15.2 Å². The standard InChI is InChI=1S/C13H20N4O2/c1-14-12-10-11(2-3-15-12)13(19)17-6-4-16(5-7-17)8-9-18/h2-3,10,18H,4-9H2,1H3,(H,14,15). The van der Waals surface area contributed by atoms with E-state index in [0.29, 0.717) is 31.0 Å². The van der Waals surface area contributed by atoms with E-state index < -0.39 is 0 Å². The molecule has 0 atom stereocenters. The second-order valence-corrected chi connectivity index (χ2v) is 4.54. The molecule has 2 rings (SSSR count). The molecule has 1 aliphatic heterocycles. The molecule has 6 nitrogen and oxygen atoms in total. The predicted octanol–water partition coefficient (Wildman–Crippen LogP) is -0.127. The van der Waals surface area contributed by atoms with E-state index in [0.717, 1.165) is 13.1 Å². The second-order valence-electron chi connectivity index (χ2n) is 4.54. The van der Waals surface area contributed by atoms with Gasteiger partial charge in [0, 0.05) is 51.5 Å². The van der Waals surface area contributed by atoms with Crippen molar-refractivity contribution < 1.29 is 9.90 Å². The average Bonchev–Trinajstić information content (AvgIpc) is 2.48. The molecular formula is C13H20N4O2. The van der Waals surface area contributed by atoms with Crippen molar-refractivity contribution in [2.45, 2.75) is 0 Å². The van der Waals surface area contributed by atoms with E-state index >= 15 is 0 Å². The van der Waals surface area contributed by atoms with Gasteiger partial charge in [0.1, 0.15) is 5.82 Å². The number of anilines is 1. The summed E-state index contributed by atoms with van der Waals surface area (Å²) >= 11 is 0. The predicted molar refractivity (Wildman–Crippen MR) is 73.2 cm³/mol. The van der Waals surface area contributed by atoms with Crippen LogP contribution >= 0.6 is 0 Å². The summed E-state index contributed by atoms with van der Waals surface area (Å²) in [5.41, 5.74) is 0.662. The van der Waals surface area contributed by atoms with Gasteiger partial charge in [0.2, 0.25) is 0 Å². The Labute approximate surface area is 113 Å². The first-order valence-corrected chi connectivity index (χ1v) is 6.51. The highest BCUT2D eigenvalue weighted by molar-refractivity contribution is 5.94. The normalized spacial score (nSPS) is 16.4. The van der Waals surface area contributed by atoms with E-state index in [-0.39, 0.29) is 12.5 Å². The quantitative estimate of drug-likeness (QED) is 0.793. The van der Waals surface area contributed by atoms with Crippen molar-refractivity contribution in [2.75, 3.05) is 51.7 Å². The number of β-amino-alcohol motifs (C(OH)–C–C–N with tert-alkyl or cyclic N) is 1. The molecule has 6 heteroatoms. The summed E-state index contributed by atoms with van der Waals surface area (Å²) in [6.07, 6.45) is 1.64. The summed E-state index contributed by atoms with van der Waals surface area (Å²) in [6.45, 7) is 3.89. The van der Waals surface area contributed by atoms with Crippen LogP contribution in [0.5, 0.6) is 0 Å². The van der Waals surface area contributed by atoms with E-state index in [1.807, 2.05) is 4.90 Å². The summed E-state index contributed by atoms with van der Waals surface area (Å²) in [6, 6.07) is 3.51. The number of carbonyl (C=O) groups excluding carboxylic acids is 1. The van der Waals surface area contributed by atoms with Crippen LogP contribution in [0.25, 0.3) is 0 Å². The van der Waals surface area contributed by atoms with Crippen molar-refractivity contribution in [2.24, 2.45) is 0 Å². The maximum Gasteiger partial charge on any atom is 0.254 e. The maximum atomic E-state index is 12.3. The smallest absolute Gasteiger partial charge is 0.254 e. The highest BCUT2D eigenvalue weighted by atomic mass is 16.3. The summed E-state index contributed by atoms with van der Waals surface area (Å²) in [7, 11) is 1.78. The molecule has 1 saturated heterocycles. The van der Waals surface area contributed by atoms with E-state index in [9.17, 15) is 4.79 Å². The van der Waals surface area contributed by atoms with Gasteiger partial charge in [-0.25, -0.2) is 4.98 Å². The van der Waals surface area contributed by atoms with Gasteiger partial charge in [-0.2, -0.15) is 0 Å². The number of aliphatic hydroxyl groups excluding tert-OH is 1. The van der Waals surface area contributed by atoms with Crippen molar-refractivity contribution in [3.63, 3.8) is 0 Å². The van der Waals surface area contributed by atoms with Gasteiger partial charge in [0.05, 0.1) is 6.61 Å². The molecule has 1 aromatic rings. The van der Waals surface area contributed by atoms with Crippen LogP contribution < -0.4 is 5.32 Å².